The lowest BCUT2D eigenvalue weighted by Gasteiger charge is -2.41. The molecule has 0 atom stereocenters. The Kier molecular flexibility index (Phi) is 4.34. The Morgan fingerprint density at radius 3 is 2.00 bits per heavy atom. The molecule has 0 saturated carbocycles. The maximum absolute atomic E-state index is 11.8. The minimum Gasteiger partial charge on any atom is -0.329 e. The van der Waals surface area contributed by atoms with Gasteiger partial charge < -0.3 is 5.73 Å². The van der Waals surface area contributed by atoms with Crippen molar-refractivity contribution < 1.29 is 8.42 Å². The molecule has 1 rings (SSSR count). The first kappa shape index (κ1) is 13.9. The Morgan fingerprint density at radius 2 is 1.62 bits per heavy atom. The minimum atomic E-state index is -3.12. The van der Waals surface area contributed by atoms with Gasteiger partial charge in [-0.1, -0.05) is 0 Å². The van der Waals surface area contributed by atoms with Crippen LogP contribution in [0, 0.1) is 0 Å². The second-order valence-electron chi connectivity index (χ2n) is 5.16. The first-order valence-corrected chi connectivity index (χ1v) is 7.31. The summed E-state index contributed by atoms with van der Waals surface area (Å²) in [5.41, 5.74) is 5.42. The molecule has 0 amide bonds. The third-order valence-corrected chi connectivity index (χ3v) is 4.86. The van der Waals surface area contributed by atoms with Gasteiger partial charge in [-0.2, -0.15) is 4.31 Å². The van der Waals surface area contributed by atoms with Gasteiger partial charge in [0.05, 0.1) is 5.75 Å². The van der Waals surface area contributed by atoms with Crippen LogP contribution >= 0.6 is 0 Å². The van der Waals surface area contributed by atoms with Crippen molar-refractivity contribution in [3.05, 3.63) is 0 Å². The van der Waals surface area contributed by atoms with E-state index in [9.17, 15) is 8.42 Å². The van der Waals surface area contributed by atoms with Crippen LogP contribution in [0.1, 0.15) is 20.8 Å². The highest BCUT2D eigenvalue weighted by Crippen LogP contribution is 2.17. The maximum atomic E-state index is 11.8. The van der Waals surface area contributed by atoms with E-state index in [4.69, 9.17) is 5.73 Å². The SMILES string of the molecule is CC(C)(C)N1CCN(S(=O)(=O)CCN)CC1. The van der Waals surface area contributed by atoms with Gasteiger partial charge in [0, 0.05) is 38.3 Å². The van der Waals surface area contributed by atoms with E-state index < -0.39 is 10.0 Å². The van der Waals surface area contributed by atoms with Gasteiger partial charge in [0.25, 0.3) is 0 Å². The lowest BCUT2D eigenvalue weighted by atomic mass is 10.1. The van der Waals surface area contributed by atoms with Crippen LogP contribution in [0.3, 0.4) is 0 Å². The average Bonchev–Trinajstić information content (AvgIpc) is 2.16. The Bertz CT molecular complexity index is 313. The second-order valence-corrected chi connectivity index (χ2v) is 7.25. The van der Waals surface area contributed by atoms with Crippen LogP contribution in [0.5, 0.6) is 0 Å². The van der Waals surface area contributed by atoms with Crippen LogP contribution in [0.15, 0.2) is 0 Å². The molecular weight excluding hydrogens is 226 g/mol. The van der Waals surface area contributed by atoms with Gasteiger partial charge >= 0.3 is 0 Å². The summed E-state index contributed by atoms with van der Waals surface area (Å²) in [4.78, 5) is 2.31. The van der Waals surface area contributed by atoms with Crippen molar-refractivity contribution in [1.82, 2.24) is 9.21 Å². The molecule has 5 nitrogen and oxygen atoms in total. The van der Waals surface area contributed by atoms with Crippen LogP contribution in [-0.4, -0.2) is 61.6 Å². The fourth-order valence-electron chi connectivity index (χ4n) is 1.92. The van der Waals surface area contributed by atoms with Crippen molar-refractivity contribution in [2.24, 2.45) is 5.73 Å². The number of piperazine rings is 1. The first-order valence-electron chi connectivity index (χ1n) is 5.70. The molecule has 0 radical (unpaired) electrons. The number of nitrogens with zero attached hydrogens (tertiary/aromatic N) is 2. The molecule has 0 aromatic heterocycles. The van der Waals surface area contributed by atoms with Crippen LogP contribution in [0.4, 0.5) is 0 Å². The maximum Gasteiger partial charge on any atom is 0.215 e. The molecule has 6 heteroatoms. The van der Waals surface area contributed by atoms with Crippen molar-refractivity contribution >= 4 is 10.0 Å². The van der Waals surface area contributed by atoms with E-state index in [1.807, 2.05) is 0 Å². The summed E-state index contributed by atoms with van der Waals surface area (Å²) < 4.78 is 25.1. The van der Waals surface area contributed by atoms with Crippen molar-refractivity contribution in [3.8, 4) is 0 Å². The standard InChI is InChI=1S/C10H23N3O2S/c1-10(2,3)12-5-7-13(8-6-12)16(14,15)9-4-11/h4-9,11H2,1-3H3. The molecule has 0 spiro atoms. The fourth-order valence-corrected chi connectivity index (χ4v) is 3.19. The first-order chi connectivity index (χ1) is 7.27. The molecule has 16 heavy (non-hydrogen) atoms. The van der Waals surface area contributed by atoms with Crippen LogP contribution in [0.25, 0.3) is 0 Å². The summed E-state index contributed by atoms with van der Waals surface area (Å²) in [6.07, 6.45) is 0. The van der Waals surface area contributed by atoms with Gasteiger partial charge in [-0.05, 0) is 20.8 Å². The lowest BCUT2D eigenvalue weighted by molar-refractivity contribution is 0.0922. The third kappa shape index (κ3) is 3.41. The molecule has 2 N–H and O–H groups in total. The van der Waals surface area contributed by atoms with E-state index in [0.29, 0.717) is 13.1 Å². The number of rotatable bonds is 3. The zero-order chi connectivity index (χ0) is 12.4. The lowest BCUT2D eigenvalue weighted by Crippen LogP contribution is -2.55. The molecule has 1 saturated heterocycles. The van der Waals surface area contributed by atoms with Gasteiger partial charge in [-0.15, -0.1) is 0 Å². The molecule has 96 valence electrons. The van der Waals surface area contributed by atoms with Gasteiger partial charge in [0.15, 0.2) is 0 Å². The van der Waals surface area contributed by atoms with E-state index in [-0.39, 0.29) is 17.8 Å². The number of nitrogens with two attached hydrogens (primary N) is 1. The van der Waals surface area contributed by atoms with Crippen molar-refractivity contribution in [3.63, 3.8) is 0 Å². The summed E-state index contributed by atoms with van der Waals surface area (Å²) in [5.74, 6) is 0.0581. The summed E-state index contributed by atoms with van der Waals surface area (Å²) in [6, 6.07) is 0. The fraction of sp³-hybridized carbons (Fsp3) is 1.00. The molecule has 1 fully saturated rings. The van der Waals surface area contributed by atoms with E-state index in [0.717, 1.165) is 13.1 Å². The topological polar surface area (TPSA) is 66.6 Å². The van der Waals surface area contributed by atoms with E-state index in [1.165, 1.54) is 0 Å². The van der Waals surface area contributed by atoms with E-state index in [2.05, 4.69) is 25.7 Å². The van der Waals surface area contributed by atoms with Crippen LogP contribution in [-0.2, 0) is 10.0 Å². The number of hydrogen-bond donors (Lipinski definition) is 1. The second kappa shape index (κ2) is 5.00. The third-order valence-electron chi connectivity index (χ3n) is 2.96. The van der Waals surface area contributed by atoms with Gasteiger partial charge in [0.1, 0.15) is 0 Å². The molecule has 0 bridgehead atoms. The predicted molar refractivity (Wildman–Crippen MR) is 65.7 cm³/mol. The Morgan fingerprint density at radius 1 is 1.12 bits per heavy atom. The predicted octanol–water partition coefficient (Wildman–Crippen LogP) is -0.309. The highest BCUT2D eigenvalue weighted by molar-refractivity contribution is 7.89. The molecule has 0 aromatic rings. The van der Waals surface area contributed by atoms with Crippen LogP contribution < -0.4 is 5.73 Å². The summed E-state index contributed by atoms with van der Waals surface area (Å²) >= 11 is 0. The van der Waals surface area contributed by atoms with Crippen molar-refractivity contribution in [1.29, 1.82) is 0 Å². The molecule has 0 unspecified atom stereocenters. The Labute approximate surface area is 98.6 Å². The minimum absolute atomic E-state index is 0.0581. The molecule has 1 aliphatic heterocycles. The summed E-state index contributed by atoms with van der Waals surface area (Å²) in [7, 11) is -3.12. The normalized spacial score (nSPS) is 21.2. The highest BCUT2D eigenvalue weighted by atomic mass is 32.2. The van der Waals surface area contributed by atoms with Gasteiger partial charge in [-0.3, -0.25) is 4.90 Å². The van der Waals surface area contributed by atoms with Crippen molar-refractivity contribution in [2.75, 3.05) is 38.5 Å². The molecule has 0 aliphatic carbocycles. The zero-order valence-electron chi connectivity index (χ0n) is 10.4. The van der Waals surface area contributed by atoms with Gasteiger partial charge in [-0.25, -0.2) is 8.42 Å². The Hall–Kier alpha value is -0.170. The number of sulfonamides is 1. The number of hydrogen-bond acceptors (Lipinski definition) is 4. The highest BCUT2D eigenvalue weighted by Gasteiger charge is 2.30. The zero-order valence-corrected chi connectivity index (χ0v) is 11.3. The largest absolute Gasteiger partial charge is 0.329 e. The Balaban J connectivity index is 2.56. The molecule has 1 aliphatic rings. The quantitative estimate of drug-likeness (QED) is 0.745. The summed E-state index contributed by atoms with van der Waals surface area (Å²) in [6.45, 7) is 9.41. The smallest absolute Gasteiger partial charge is 0.215 e. The average molecular weight is 249 g/mol. The van der Waals surface area contributed by atoms with Gasteiger partial charge in [0.2, 0.25) is 10.0 Å². The summed E-state index contributed by atoms with van der Waals surface area (Å²) in [5, 5.41) is 0. The van der Waals surface area contributed by atoms with E-state index >= 15 is 0 Å². The molecule has 0 aromatic carbocycles. The monoisotopic (exact) mass is 249 g/mol. The molecular formula is C10H23N3O2S. The molecule has 1 heterocycles. The van der Waals surface area contributed by atoms with Crippen LogP contribution in [0.2, 0.25) is 0 Å². The van der Waals surface area contributed by atoms with Crippen molar-refractivity contribution in [2.45, 2.75) is 26.3 Å². The van der Waals surface area contributed by atoms with E-state index in [1.54, 1.807) is 4.31 Å².